The first-order valence-corrected chi connectivity index (χ1v) is 9.15. The quantitative estimate of drug-likeness (QED) is 0.709. The zero-order valence-corrected chi connectivity index (χ0v) is 14.3. The van der Waals surface area contributed by atoms with Crippen LogP contribution in [0.2, 0.25) is 5.02 Å². The van der Waals surface area contributed by atoms with Gasteiger partial charge in [0.05, 0.1) is 17.8 Å². The van der Waals surface area contributed by atoms with E-state index >= 15 is 0 Å². The molecule has 3 heterocycles. The molecular weight excluding hydrogens is 344 g/mol. The second-order valence-corrected chi connectivity index (χ2v) is 7.33. The summed E-state index contributed by atoms with van der Waals surface area (Å²) in [5.41, 5.74) is 1.70. The number of thiophene rings is 1. The third kappa shape index (κ3) is 3.35. The number of hydrogen-bond donors (Lipinski definition) is 1. The summed E-state index contributed by atoms with van der Waals surface area (Å²) < 4.78 is 17.9. The average molecular weight is 357 g/mol. The summed E-state index contributed by atoms with van der Waals surface area (Å²) in [7, 11) is 0. The van der Waals surface area contributed by atoms with Gasteiger partial charge in [0.2, 0.25) is 5.88 Å². The van der Waals surface area contributed by atoms with Crippen molar-refractivity contribution in [2.24, 2.45) is 0 Å². The number of ether oxygens (including phenoxy) is 1. The number of rotatable bonds is 5. The first-order chi connectivity index (χ1) is 10.5. The van der Waals surface area contributed by atoms with Crippen molar-refractivity contribution in [3.05, 3.63) is 27.8 Å². The van der Waals surface area contributed by atoms with Gasteiger partial charge in [0.1, 0.15) is 10.5 Å². The lowest BCUT2D eigenvalue weighted by Gasteiger charge is -2.11. The van der Waals surface area contributed by atoms with Gasteiger partial charge in [0.25, 0.3) is 0 Å². The van der Waals surface area contributed by atoms with E-state index in [0.717, 1.165) is 11.0 Å². The zero-order chi connectivity index (χ0) is 15.7. The predicted molar refractivity (Wildman–Crippen MR) is 86.9 cm³/mol. The van der Waals surface area contributed by atoms with Crippen LogP contribution in [0.4, 0.5) is 0 Å². The van der Waals surface area contributed by atoms with Crippen LogP contribution in [-0.4, -0.2) is 30.6 Å². The van der Waals surface area contributed by atoms with E-state index in [0.29, 0.717) is 21.9 Å². The molecule has 1 atom stereocenters. The molecule has 0 aliphatic rings. The van der Waals surface area contributed by atoms with Crippen molar-refractivity contribution < 1.29 is 9.29 Å². The van der Waals surface area contributed by atoms with Gasteiger partial charge >= 0.3 is 5.16 Å². The molecule has 3 aromatic rings. The van der Waals surface area contributed by atoms with Gasteiger partial charge in [-0.15, -0.1) is 11.3 Å². The van der Waals surface area contributed by atoms with Gasteiger partial charge in [-0.25, -0.2) is 4.98 Å². The number of fused-ring (bicyclic) bond motifs is 1. The number of H-pyrrole nitrogens is 1. The standard InChI is InChI=1S/C13H13ClN4O2S2/c1-7(2)20-12-8(14)3-15-11(18-12)6-22(19)13-16-9-4-21-5-10(9)17-13/h3-5,7H,6H2,1-2H3,(H,16,17). The van der Waals surface area contributed by atoms with Crippen LogP contribution >= 0.6 is 22.9 Å². The Bertz CT molecular complexity index is 761. The van der Waals surface area contributed by atoms with E-state index in [1.54, 1.807) is 11.3 Å². The maximum atomic E-state index is 12.4. The molecule has 0 aromatic carbocycles. The minimum Gasteiger partial charge on any atom is -0.609 e. The van der Waals surface area contributed by atoms with Crippen LogP contribution in [0.25, 0.3) is 11.0 Å². The molecule has 116 valence electrons. The fourth-order valence-electron chi connectivity index (χ4n) is 1.78. The lowest BCUT2D eigenvalue weighted by Crippen LogP contribution is -2.12. The summed E-state index contributed by atoms with van der Waals surface area (Å²) in [4.78, 5) is 15.7. The van der Waals surface area contributed by atoms with Crippen molar-refractivity contribution in [1.29, 1.82) is 0 Å². The monoisotopic (exact) mass is 356 g/mol. The first kappa shape index (κ1) is 15.5. The molecule has 1 N–H and O–H groups in total. The second kappa shape index (κ2) is 6.41. The van der Waals surface area contributed by atoms with Gasteiger partial charge in [-0.2, -0.15) is 9.97 Å². The highest BCUT2D eigenvalue weighted by Crippen LogP contribution is 2.24. The van der Waals surface area contributed by atoms with E-state index in [1.165, 1.54) is 6.20 Å². The molecule has 0 radical (unpaired) electrons. The van der Waals surface area contributed by atoms with E-state index in [9.17, 15) is 4.55 Å². The number of nitrogens with zero attached hydrogens (tertiary/aromatic N) is 3. The molecule has 0 amide bonds. The summed E-state index contributed by atoms with van der Waals surface area (Å²) in [5.74, 6) is 0.849. The minimum absolute atomic E-state index is 0.0534. The number of nitrogens with one attached hydrogen (secondary N) is 1. The van der Waals surface area contributed by atoms with Gasteiger partial charge in [-0.1, -0.05) is 11.6 Å². The predicted octanol–water partition coefficient (Wildman–Crippen LogP) is 3.16. The Hall–Kier alpha value is -1.35. The fourth-order valence-corrected chi connectivity index (χ4v) is 3.54. The Morgan fingerprint density at radius 3 is 2.95 bits per heavy atom. The number of aromatic amines is 1. The zero-order valence-electron chi connectivity index (χ0n) is 11.9. The van der Waals surface area contributed by atoms with Gasteiger partial charge < -0.3 is 9.29 Å². The van der Waals surface area contributed by atoms with Crippen LogP contribution in [-0.2, 0) is 16.9 Å². The molecule has 3 aromatic heterocycles. The summed E-state index contributed by atoms with van der Waals surface area (Å²) >= 11 is 6.18. The molecule has 0 saturated heterocycles. The summed E-state index contributed by atoms with van der Waals surface area (Å²) in [6, 6.07) is 0. The smallest absolute Gasteiger partial charge is 0.322 e. The molecule has 0 fully saturated rings. The van der Waals surface area contributed by atoms with Gasteiger partial charge in [0, 0.05) is 21.9 Å². The summed E-state index contributed by atoms with van der Waals surface area (Å²) in [5, 5.41) is 4.58. The number of aromatic nitrogens is 4. The third-order valence-corrected chi connectivity index (χ3v) is 4.83. The normalized spacial score (nSPS) is 13.0. The Kier molecular flexibility index (Phi) is 4.53. The molecule has 0 bridgehead atoms. The van der Waals surface area contributed by atoms with E-state index < -0.39 is 11.2 Å². The maximum absolute atomic E-state index is 12.4. The van der Waals surface area contributed by atoms with E-state index in [4.69, 9.17) is 16.3 Å². The molecule has 9 heteroatoms. The van der Waals surface area contributed by atoms with Crippen molar-refractivity contribution >= 4 is 45.1 Å². The second-order valence-electron chi connectivity index (χ2n) is 4.81. The molecule has 6 nitrogen and oxygen atoms in total. The van der Waals surface area contributed by atoms with Crippen LogP contribution in [0.5, 0.6) is 5.88 Å². The Labute approximate surface area is 139 Å². The third-order valence-electron chi connectivity index (χ3n) is 2.69. The van der Waals surface area contributed by atoms with Crippen molar-refractivity contribution in [3.8, 4) is 5.88 Å². The fraction of sp³-hybridized carbons (Fsp3) is 0.308. The molecule has 0 spiro atoms. The average Bonchev–Trinajstić information content (AvgIpc) is 3.03. The van der Waals surface area contributed by atoms with Crippen LogP contribution in [0.1, 0.15) is 19.7 Å². The van der Waals surface area contributed by atoms with Crippen molar-refractivity contribution in [2.45, 2.75) is 30.9 Å². The van der Waals surface area contributed by atoms with Gasteiger partial charge in [-0.05, 0) is 13.8 Å². The lowest BCUT2D eigenvalue weighted by molar-refractivity contribution is 0.232. The van der Waals surface area contributed by atoms with Crippen LogP contribution in [0.15, 0.2) is 22.1 Å². The molecule has 1 unspecified atom stereocenters. The number of halogens is 1. The Balaban J connectivity index is 1.78. The molecule has 22 heavy (non-hydrogen) atoms. The van der Waals surface area contributed by atoms with E-state index in [1.807, 2.05) is 24.6 Å². The molecular formula is C13H13ClN4O2S2. The Morgan fingerprint density at radius 2 is 2.23 bits per heavy atom. The number of hydrogen-bond acceptors (Lipinski definition) is 6. The lowest BCUT2D eigenvalue weighted by atomic mass is 10.5. The minimum atomic E-state index is -1.36. The maximum Gasteiger partial charge on any atom is 0.322 e. The van der Waals surface area contributed by atoms with E-state index in [2.05, 4.69) is 19.9 Å². The van der Waals surface area contributed by atoms with Crippen LogP contribution < -0.4 is 4.74 Å². The molecule has 0 saturated carbocycles. The first-order valence-electron chi connectivity index (χ1n) is 6.51. The molecule has 0 aliphatic carbocycles. The highest BCUT2D eigenvalue weighted by molar-refractivity contribution is 7.90. The van der Waals surface area contributed by atoms with E-state index in [-0.39, 0.29) is 11.9 Å². The van der Waals surface area contributed by atoms with Crippen LogP contribution in [0, 0.1) is 0 Å². The van der Waals surface area contributed by atoms with Crippen molar-refractivity contribution in [2.75, 3.05) is 0 Å². The highest BCUT2D eigenvalue weighted by atomic mass is 35.5. The molecule has 3 rings (SSSR count). The largest absolute Gasteiger partial charge is 0.609 e. The van der Waals surface area contributed by atoms with Crippen LogP contribution in [0.3, 0.4) is 0 Å². The topological polar surface area (TPSA) is 86.8 Å². The summed E-state index contributed by atoms with van der Waals surface area (Å²) in [6.45, 7) is 3.76. The van der Waals surface area contributed by atoms with Gasteiger partial charge in [0.15, 0.2) is 11.6 Å². The highest BCUT2D eigenvalue weighted by Gasteiger charge is 2.20. The van der Waals surface area contributed by atoms with Crippen molar-refractivity contribution in [3.63, 3.8) is 0 Å². The molecule has 0 aliphatic heterocycles. The van der Waals surface area contributed by atoms with Gasteiger partial charge in [-0.3, -0.25) is 4.98 Å². The Morgan fingerprint density at radius 1 is 1.41 bits per heavy atom. The summed E-state index contributed by atoms with van der Waals surface area (Å²) in [6.07, 6.45) is 1.40. The number of imidazole rings is 1. The SMILES string of the molecule is CC(C)Oc1nc(C[S+]([O-])c2nc3cscc3[nH]2)ncc1Cl. The van der Waals surface area contributed by atoms with Crippen molar-refractivity contribution in [1.82, 2.24) is 19.9 Å².